The number of furan rings is 1. The summed E-state index contributed by atoms with van der Waals surface area (Å²) in [4.78, 5) is 34.3. The number of nitrogens with zero attached hydrogens (tertiary/aromatic N) is 1. The lowest BCUT2D eigenvalue weighted by Crippen LogP contribution is -2.34. The van der Waals surface area contributed by atoms with Crippen molar-refractivity contribution in [1.29, 1.82) is 0 Å². The van der Waals surface area contributed by atoms with E-state index in [1.165, 1.54) is 32.6 Å². The first kappa shape index (κ1) is 18.7. The lowest BCUT2D eigenvalue weighted by molar-refractivity contribution is -0.132. The van der Waals surface area contributed by atoms with Gasteiger partial charge in [0.25, 0.3) is 11.8 Å². The number of benzene rings is 1. The lowest BCUT2D eigenvalue weighted by Gasteiger charge is -2.08. The number of hydrogen-bond acceptors (Lipinski definition) is 7. The van der Waals surface area contributed by atoms with Crippen LogP contribution in [-0.4, -0.2) is 37.7 Å². The first-order valence-electron chi connectivity index (χ1n) is 7.49. The fourth-order valence-electron chi connectivity index (χ4n) is 1.88. The van der Waals surface area contributed by atoms with Crippen LogP contribution in [0.4, 0.5) is 0 Å². The molecule has 26 heavy (non-hydrogen) atoms. The minimum absolute atomic E-state index is 0.112. The van der Waals surface area contributed by atoms with E-state index < -0.39 is 17.8 Å². The van der Waals surface area contributed by atoms with Crippen molar-refractivity contribution in [2.24, 2.45) is 5.10 Å². The van der Waals surface area contributed by atoms with Crippen LogP contribution >= 0.6 is 0 Å². The van der Waals surface area contributed by atoms with Gasteiger partial charge < -0.3 is 19.2 Å². The number of amides is 2. The van der Waals surface area contributed by atoms with Gasteiger partial charge in [-0.2, -0.15) is 5.10 Å². The predicted octanol–water partition coefficient (Wildman–Crippen LogP) is 1.09. The zero-order chi connectivity index (χ0) is 18.9. The number of esters is 1. The van der Waals surface area contributed by atoms with Crippen LogP contribution in [0.2, 0.25) is 0 Å². The maximum atomic E-state index is 11.7. The van der Waals surface area contributed by atoms with Crippen LogP contribution in [0, 0.1) is 0 Å². The number of carbonyl (C=O) groups is 3. The average Bonchev–Trinajstić information content (AvgIpc) is 3.15. The molecule has 2 aromatic rings. The van der Waals surface area contributed by atoms with E-state index >= 15 is 0 Å². The van der Waals surface area contributed by atoms with Gasteiger partial charge >= 0.3 is 5.97 Å². The van der Waals surface area contributed by atoms with Crippen LogP contribution in [0.5, 0.6) is 11.5 Å². The summed E-state index contributed by atoms with van der Waals surface area (Å²) in [5, 5.41) is 6.18. The van der Waals surface area contributed by atoms with E-state index in [0.29, 0.717) is 11.3 Å². The van der Waals surface area contributed by atoms with Gasteiger partial charge in [-0.15, -0.1) is 0 Å². The summed E-state index contributed by atoms with van der Waals surface area (Å²) in [6.45, 7) is 1.03. The molecule has 0 bridgehead atoms. The van der Waals surface area contributed by atoms with Gasteiger partial charge in [0.15, 0.2) is 17.3 Å². The third-order valence-corrected chi connectivity index (χ3v) is 3.00. The Kier molecular flexibility index (Phi) is 6.49. The molecule has 136 valence electrons. The maximum absolute atomic E-state index is 11.7. The van der Waals surface area contributed by atoms with Crippen molar-refractivity contribution in [3.8, 4) is 11.5 Å². The molecule has 0 fully saturated rings. The molecule has 1 aromatic heterocycles. The third kappa shape index (κ3) is 5.48. The molecule has 0 spiro atoms. The summed E-state index contributed by atoms with van der Waals surface area (Å²) in [5.41, 5.74) is 2.88. The smallest absolute Gasteiger partial charge is 0.308 e. The largest absolute Gasteiger partial charge is 0.493 e. The Morgan fingerprint density at radius 2 is 2.04 bits per heavy atom. The Labute approximate surface area is 149 Å². The highest BCUT2D eigenvalue weighted by Crippen LogP contribution is 2.27. The van der Waals surface area contributed by atoms with E-state index in [1.807, 2.05) is 0 Å². The monoisotopic (exact) mass is 359 g/mol. The Balaban J connectivity index is 1.86. The molecule has 1 heterocycles. The highest BCUT2D eigenvalue weighted by molar-refractivity contribution is 5.94. The summed E-state index contributed by atoms with van der Waals surface area (Å²) in [7, 11) is 1.44. The van der Waals surface area contributed by atoms with Crippen molar-refractivity contribution in [1.82, 2.24) is 10.7 Å². The average molecular weight is 359 g/mol. The summed E-state index contributed by atoms with van der Waals surface area (Å²) in [5.74, 6) is -0.734. The summed E-state index contributed by atoms with van der Waals surface area (Å²) in [6, 6.07) is 7.83. The van der Waals surface area contributed by atoms with Crippen molar-refractivity contribution in [2.45, 2.75) is 6.92 Å². The van der Waals surface area contributed by atoms with Gasteiger partial charge in [-0.1, -0.05) is 0 Å². The molecule has 0 saturated carbocycles. The number of hydrogen-bond donors (Lipinski definition) is 2. The Morgan fingerprint density at radius 3 is 2.69 bits per heavy atom. The molecule has 0 saturated heterocycles. The number of hydrazone groups is 1. The van der Waals surface area contributed by atoms with Crippen molar-refractivity contribution in [3.05, 3.63) is 47.9 Å². The highest BCUT2D eigenvalue weighted by atomic mass is 16.6. The number of methoxy groups -OCH3 is 1. The summed E-state index contributed by atoms with van der Waals surface area (Å²) >= 11 is 0. The molecule has 0 unspecified atom stereocenters. The molecular formula is C17H17N3O6. The van der Waals surface area contributed by atoms with Crippen LogP contribution < -0.4 is 20.2 Å². The number of nitrogens with one attached hydrogen (secondary N) is 2. The van der Waals surface area contributed by atoms with Gasteiger partial charge in [0, 0.05) is 6.92 Å². The maximum Gasteiger partial charge on any atom is 0.308 e. The van der Waals surface area contributed by atoms with Gasteiger partial charge in [0.2, 0.25) is 0 Å². The molecule has 0 atom stereocenters. The van der Waals surface area contributed by atoms with Gasteiger partial charge in [-0.3, -0.25) is 14.4 Å². The molecule has 0 radical (unpaired) electrons. The molecule has 2 amide bonds. The second-order valence-corrected chi connectivity index (χ2v) is 4.96. The molecular weight excluding hydrogens is 342 g/mol. The standard InChI is InChI=1S/C17H17N3O6/c1-11(21)26-13-6-5-12(8-15(13)24-2)9-19-20-16(22)10-18-17(23)14-4-3-7-25-14/h3-9H,10H2,1-2H3,(H,18,23)(H,20,22)/b19-9+. The quantitative estimate of drug-likeness (QED) is 0.331. The van der Waals surface area contributed by atoms with Gasteiger partial charge in [0.05, 0.1) is 26.1 Å². The van der Waals surface area contributed by atoms with Crippen LogP contribution in [0.3, 0.4) is 0 Å². The van der Waals surface area contributed by atoms with Crippen molar-refractivity contribution < 1.29 is 28.3 Å². The molecule has 9 heteroatoms. The molecule has 9 nitrogen and oxygen atoms in total. The van der Waals surface area contributed by atoms with Crippen LogP contribution in [0.25, 0.3) is 0 Å². The molecule has 0 aliphatic carbocycles. The fraction of sp³-hybridized carbons (Fsp3) is 0.176. The highest BCUT2D eigenvalue weighted by Gasteiger charge is 2.10. The Hall–Kier alpha value is -3.62. The molecule has 0 aliphatic heterocycles. The SMILES string of the molecule is COc1cc(/C=N/NC(=O)CNC(=O)c2ccco2)ccc1OC(C)=O. The normalized spacial score (nSPS) is 10.4. The van der Waals surface area contributed by atoms with E-state index in [2.05, 4.69) is 15.8 Å². The van der Waals surface area contributed by atoms with Crippen molar-refractivity contribution in [3.63, 3.8) is 0 Å². The van der Waals surface area contributed by atoms with E-state index in [1.54, 1.807) is 24.3 Å². The Bertz CT molecular complexity index is 814. The topological polar surface area (TPSA) is 119 Å². The zero-order valence-electron chi connectivity index (χ0n) is 14.1. The molecule has 2 N–H and O–H groups in total. The number of ether oxygens (including phenoxy) is 2. The molecule has 0 aliphatic rings. The Morgan fingerprint density at radius 1 is 1.23 bits per heavy atom. The third-order valence-electron chi connectivity index (χ3n) is 3.00. The number of carbonyl (C=O) groups excluding carboxylic acids is 3. The van der Waals surface area contributed by atoms with E-state index in [-0.39, 0.29) is 18.1 Å². The summed E-state index contributed by atoms with van der Waals surface area (Å²) < 4.78 is 15.0. The van der Waals surface area contributed by atoms with Gasteiger partial charge in [-0.25, -0.2) is 5.43 Å². The molecule has 1 aromatic carbocycles. The minimum atomic E-state index is -0.510. The van der Waals surface area contributed by atoms with Crippen molar-refractivity contribution in [2.75, 3.05) is 13.7 Å². The lowest BCUT2D eigenvalue weighted by atomic mass is 10.2. The van der Waals surface area contributed by atoms with E-state index in [4.69, 9.17) is 13.9 Å². The van der Waals surface area contributed by atoms with E-state index in [0.717, 1.165) is 0 Å². The van der Waals surface area contributed by atoms with Crippen LogP contribution in [0.15, 0.2) is 46.1 Å². The van der Waals surface area contributed by atoms with Crippen LogP contribution in [0.1, 0.15) is 23.0 Å². The fourth-order valence-corrected chi connectivity index (χ4v) is 1.88. The van der Waals surface area contributed by atoms with Gasteiger partial charge in [0.1, 0.15) is 0 Å². The molecule has 2 rings (SSSR count). The van der Waals surface area contributed by atoms with Gasteiger partial charge in [-0.05, 0) is 35.9 Å². The predicted molar refractivity (Wildman–Crippen MR) is 91.1 cm³/mol. The number of rotatable bonds is 7. The summed E-state index contributed by atoms with van der Waals surface area (Å²) in [6.07, 6.45) is 2.74. The van der Waals surface area contributed by atoms with Crippen molar-refractivity contribution >= 4 is 24.0 Å². The zero-order valence-corrected chi connectivity index (χ0v) is 14.1. The minimum Gasteiger partial charge on any atom is -0.493 e. The van der Waals surface area contributed by atoms with Crippen LogP contribution in [-0.2, 0) is 9.59 Å². The van der Waals surface area contributed by atoms with E-state index in [9.17, 15) is 14.4 Å². The first-order chi connectivity index (χ1) is 12.5. The first-order valence-corrected chi connectivity index (χ1v) is 7.49. The second-order valence-electron chi connectivity index (χ2n) is 4.96. The second kappa shape index (κ2) is 9.02.